The Morgan fingerprint density at radius 1 is 0.372 bits per heavy atom. The number of benzene rings is 6. The molecule has 3 nitrogen and oxygen atoms in total. The molecular formula is C40H26N2O. The summed E-state index contributed by atoms with van der Waals surface area (Å²) in [5.41, 5.74) is 11.3. The maximum atomic E-state index is 6.28. The summed E-state index contributed by atoms with van der Waals surface area (Å²) in [6.07, 6.45) is 0. The van der Waals surface area contributed by atoms with Crippen LogP contribution in [0, 0.1) is 0 Å². The van der Waals surface area contributed by atoms with Gasteiger partial charge in [-0.3, -0.25) is 0 Å². The molecule has 0 fully saturated rings. The van der Waals surface area contributed by atoms with Crippen LogP contribution in [0.25, 0.3) is 78.1 Å². The molecule has 0 radical (unpaired) electrons. The minimum atomic E-state index is 0.590. The zero-order valence-electron chi connectivity index (χ0n) is 23.3. The van der Waals surface area contributed by atoms with Gasteiger partial charge in [0.1, 0.15) is 5.58 Å². The van der Waals surface area contributed by atoms with Gasteiger partial charge in [-0.1, -0.05) is 146 Å². The summed E-state index contributed by atoms with van der Waals surface area (Å²) >= 11 is 0. The smallest absolute Gasteiger partial charge is 0.231 e. The Bertz CT molecular complexity index is 2200. The first-order valence-corrected chi connectivity index (χ1v) is 14.4. The predicted molar refractivity (Wildman–Crippen MR) is 176 cm³/mol. The summed E-state index contributed by atoms with van der Waals surface area (Å²) in [5.74, 6) is 0.637. The molecule has 0 saturated heterocycles. The number of fused-ring (bicyclic) bond motifs is 3. The van der Waals surface area contributed by atoms with Gasteiger partial charge in [0, 0.05) is 16.5 Å². The molecular weight excluding hydrogens is 524 g/mol. The van der Waals surface area contributed by atoms with E-state index in [0.717, 1.165) is 44.3 Å². The Morgan fingerprint density at radius 2 is 0.860 bits per heavy atom. The highest BCUT2D eigenvalue weighted by molar-refractivity contribution is 6.10. The summed E-state index contributed by atoms with van der Waals surface area (Å²) in [6, 6.07) is 54.6. The van der Waals surface area contributed by atoms with Crippen molar-refractivity contribution in [1.82, 2.24) is 9.97 Å². The van der Waals surface area contributed by atoms with Crippen molar-refractivity contribution < 1.29 is 4.42 Å². The second-order valence-corrected chi connectivity index (χ2v) is 10.6. The lowest BCUT2D eigenvalue weighted by Gasteiger charge is -2.10. The van der Waals surface area contributed by atoms with Crippen LogP contribution in [0.1, 0.15) is 0 Å². The number of hydrogen-bond acceptors (Lipinski definition) is 3. The maximum absolute atomic E-state index is 6.28. The Labute approximate surface area is 249 Å². The fourth-order valence-electron chi connectivity index (χ4n) is 5.74. The van der Waals surface area contributed by atoms with E-state index in [1.54, 1.807) is 0 Å². The standard InChI is InChI=1S/C40H26N2O/c1-3-10-27(11-4-1)29-18-20-30(21-19-29)31-22-24-32(25-23-31)39-41-38(37-35-16-7-8-17-36(35)43-40(37)42-39)34-15-9-14-33(26-34)28-12-5-2-6-13-28/h1-26H. The minimum Gasteiger partial charge on any atom is -0.438 e. The molecule has 0 aliphatic heterocycles. The van der Waals surface area contributed by atoms with Crippen LogP contribution in [-0.2, 0) is 0 Å². The molecule has 6 aromatic carbocycles. The molecule has 202 valence electrons. The van der Waals surface area contributed by atoms with Crippen LogP contribution in [0.4, 0.5) is 0 Å². The summed E-state index contributed by atoms with van der Waals surface area (Å²) in [5, 5.41) is 1.94. The predicted octanol–water partition coefficient (Wildman–Crippen LogP) is 10.7. The summed E-state index contributed by atoms with van der Waals surface area (Å²) in [6.45, 7) is 0. The van der Waals surface area contributed by atoms with E-state index in [1.165, 1.54) is 22.3 Å². The van der Waals surface area contributed by atoms with Crippen LogP contribution >= 0.6 is 0 Å². The van der Waals surface area contributed by atoms with Crippen LogP contribution in [0.2, 0.25) is 0 Å². The van der Waals surface area contributed by atoms with Crippen molar-refractivity contribution in [2.75, 3.05) is 0 Å². The Morgan fingerprint density at radius 3 is 1.51 bits per heavy atom. The Hall–Kier alpha value is -5.80. The van der Waals surface area contributed by atoms with E-state index in [4.69, 9.17) is 14.4 Å². The van der Waals surface area contributed by atoms with Crippen molar-refractivity contribution in [2.45, 2.75) is 0 Å². The van der Waals surface area contributed by atoms with E-state index in [-0.39, 0.29) is 0 Å². The number of para-hydroxylation sites is 1. The number of furan rings is 1. The van der Waals surface area contributed by atoms with E-state index in [2.05, 4.69) is 127 Å². The van der Waals surface area contributed by atoms with Crippen LogP contribution in [0.5, 0.6) is 0 Å². The summed E-state index contributed by atoms with van der Waals surface area (Å²) < 4.78 is 6.28. The molecule has 0 bridgehead atoms. The largest absolute Gasteiger partial charge is 0.438 e. The average Bonchev–Trinajstić information content (AvgIpc) is 3.48. The monoisotopic (exact) mass is 550 g/mol. The molecule has 3 heteroatoms. The van der Waals surface area contributed by atoms with Gasteiger partial charge >= 0.3 is 0 Å². The van der Waals surface area contributed by atoms with Crippen molar-refractivity contribution in [3.63, 3.8) is 0 Å². The lowest BCUT2D eigenvalue weighted by molar-refractivity contribution is 0.653. The van der Waals surface area contributed by atoms with E-state index in [9.17, 15) is 0 Å². The molecule has 0 amide bonds. The van der Waals surface area contributed by atoms with E-state index < -0.39 is 0 Å². The number of rotatable bonds is 5. The average molecular weight is 551 g/mol. The molecule has 0 aliphatic carbocycles. The molecule has 8 rings (SSSR count). The highest BCUT2D eigenvalue weighted by Gasteiger charge is 2.18. The van der Waals surface area contributed by atoms with Crippen molar-refractivity contribution in [3.8, 4) is 56.0 Å². The third kappa shape index (κ3) is 4.67. The molecule has 0 aliphatic rings. The normalized spacial score (nSPS) is 11.3. The summed E-state index contributed by atoms with van der Waals surface area (Å²) in [7, 11) is 0. The van der Waals surface area contributed by atoms with E-state index >= 15 is 0 Å². The maximum Gasteiger partial charge on any atom is 0.231 e. The van der Waals surface area contributed by atoms with Gasteiger partial charge in [-0.15, -0.1) is 0 Å². The molecule has 8 aromatic rings. The lowest BCUT2D eigenvalue weighted by Crippen LogP contribution is -1.94. The number of aromatic nitrogens is 2. The molecule has 0 saturated carbocycles. The number of nitrogens with zero attached hydrogens (tertiary/aromatic N) is 2. The van der Waals surface area contributed by atoms with Gasteiger partial charge in [0.25, 0.3) is 0 Å². The lowest BCUT2D eigenvalue weighted by atomic mass is 9.99. The Kier molecular flexibility index (Phi) is 6.12. The molecule has 0 spiro atoms. The molecule has 2 aromatic heterocycles. The SMILES string of the molecule is c1ccc(-c2ccc(-c3ccc(-c4nc(-c5cccc(-c6ccccc6)c5)c5c(n4)oc4ccccc45)cc3)cc2)cc1. The van der Waals surface area contributed by atoms with Gasteiger partial charge < -0.3 is 4.42 Å². The van der Waals surface area contributed by atoms with Crippen molar-refractivity contribution in [1.29, 1.82) is 0 Å². The first-order valence-electron chi connectivity index (χ1n) is 14.4. The third-order valence-corrected chi connectivity index (χ3v) is 7.95. The molecule has 0 atom stereocenters. The second-order valence-electron chi connectivity index (χ2n) is 10.6. The van der Waals surface area contributed by atoms with Gasteiger partial charge in [-0.25, -0.2) is 4.98 Å². The van der Waals surface area contributed by atoms with Gasteiger partial charge in [-0.05, 0) is 45.5 Å². The number of hydrogen-bond donors (Lipinski definition) is 0. The highest BCUT2D eigenvalue weighted by Crippen LogP contribution is 2.37. The van der Waals surface area contributed by atoms with Crippen molar-refractivity contribution in [3.05, 3.63) is 158 Å². The van der Waals surface area contributed by atoms with Crippen LogP contribution < -0.4 is 0 Å². The van der Waals surface area contributed by atoms with Gasteiger partial charge in [0.15, 0.2) is 5.82 Å². The fraction of sp³-hybridized carbons (Fsp3) is 0. The topological polar surface area (TPSA) is 38.9 Å². The quantitative estimate of drug-likeness (QED) is 0.214. The van der Waals surface area contributed by atoms with E-state index in [1.807, 2.05) is 30.3 Å². The van der Waals surface area contributed by atoms with Crippen LogP contribution in [0.3, 0.4) is 0 Å². The highest BCUT2D eigenvalue weighted by atomic mass is 16.3. The molecule has 2 heterocycles. The van der Waals surface area contributed by atoms with Gasteiger partial charge in [-0.2, -0.15) is 4.98 Å². The van der Waals surface area contributed by atoms with Crippen molar-refractivity contribution >= 4 is 22.1 Å². The first kappa shape index (κ1) is 25.0. The zero-order chi connectivity index (χ0) is 28.6. The van der Waals surface area contributed by atoms with Crippen LogP contribution in [0.15, 0.2) is 162 Å². The fourth-order valence-corrected chi connectivity index (χ4v) is 5.74. The molecule has 0 unspecified atom stereocenters. The molecule has 43 heavy (non-hydrogen) atoms. The van der Waals surface area contributed by atoms with E-state index in [0.29, 0.717) is 11.5 Å². The van der Waals surface area contributed by atoms with Gasteiger partial charge in [0.05, 0.1) is 11.1 Å². The Balaban J connectivity index is 1.21. The van der Waals surface area contributed by atoms with Crippen molar-refractivity contribution in [2.24, 2.45) is 0 Å². The minimum absolute atomic E-state index is 0.590. The first-order chi connectivity index (χ1) is 21.3. The second kappa shape index (κ2) is 10.6. The van der Waals surface area contributed by atoms with Crippen LogP contribution in [-0.4, -0.2) is 9.97 Å². The van der Waals surface area contributed by atoms with Gasteiger partial charge in [0.2, 0.25) is 5.71 Å². The molecule has 0 N–H and O–H groups in total. The third-order valence-electron chi connectivity index (χ3n) is 7.95. The zero-order valence-corrected chi connectivity index (χ0v) is 23.3. The summed E-state index contributed by atoms with van der Waals surface area (Å²) in [4.78, 5) is 10.1.